The van der Waals surface area contributed by atoms with Crippen LogP contribution in [0, 0.1) is 40.4 Å². The average molecular weight is 574 g/mol. The predicted octanol–water partition coefficient (Wildman–Crippen LogP) is 7.68. The van der Waals surface area contributed by atoms with Gasteiger partial charge in [0, 0.05) is 37.0 Å². The van der Waals surface area contributed by atoms with E-state index in [4.69, 9.17) is 16.3 Å². The minimum Gasteiger partial charge on any atom is -0.462 e. The van der Waals surface area contributed by atoms with E-state index in [1.807, 2.05) is 18.2 Å². The maximum absolute atomic E-state index is 13.2. The van der Waals surface area contributed by atoms with Gasteiger partial charge in [0.2, 0.25) is 5.91 Å². The molecule has 0 saturated heterocycles. The van der Waals surface area contributed by atoms with Crippen molar-refractivity contribution >= 4 is 40.6 Å². The molecule has 9 atom stereocenters. The van der Waals surface area contributed by atoms with Gasteiger partial charge in [-0.25, -0.2) is 0 Å². The van der Waals surface area contributed by atoms with Crippen LogP contribution in [-0.4, -0.2) is 23.8 Å². The van der Waals surface area contributed by atoms with Crippen molar-refractivity contribution in [2.75, 3.05) is 0 Å². The molecule has 5 rings (SSSR count). The highest BCUT2D eigenvalue weighted by Crippen LogP contribution is 2.68. The van der Waals surface area contributed by atoms with Gasteiger partial charge in [-0.1, -0.05) is 44.9 Å². The van der Waals surface area contributed by atoms with Crippen molar-refractivity contribution in [1.29, 1.82) is 0 Å². The van der Waals surface area contributed by atoms with E-state index in [-0.39, 0.29) is 46.6 Å². The summed E-state index contributed by atoms with van der Waals surface area (Å²) >= 11 is 7.68. The molecule has 1 unspecified atom stereocenters. The van der Waals surface area contributed by atoms with Gasteiger partial charge in [0.05, 0.1) is 10.4 Å². The van der Waals surface area contributed by atoms with E-state index in [0.29, 0.717) is 42.9 Å². The fourth-order valence-corrected chi connectivity index (χ4v) is 10.6. The Morgan fingerprint density at radius 3 is 2.62 bits per heavy atom. The number of hydrogen-bond acceptors (Lipinski definition) is 5. The highest BCUT2D eigenvalue weighted by atomic mass is 35.5. The fraction of sp³-hybridized carbons (Fsp3) is 0.719. The first-order valence-corrected chi connectivity index (χ1v) is 16.1. The lowest BCUT2D eigenvalue weighted by Crippen LogP contribution is -2.56. The third kappa shape index (κ3) is 5.25. The van der Waals surface area contributed by atoms with Crippen LogP contribution in [-0.2, 0) is 19.1 Å². The molecule has 1 N–H and O–H groups in total. The summed E-state index contributed by atoms with van der Waals surface area (Å²) in [6, 6.07) is 3.91. The lowest BCUT2D eigenvalue weighted by Gasteiger charge is -2.60. The first kappa shape index (κ1) is 28.9. The number of carbonyl (C=O) groups is 3. The van der Waals surface area contributed by atoms with Crippen molar-refractivity contribution in [3.63, 3.8) is 0 Å². The molecule has 39 heavy (non-hydrogen) atoms. The molecule has 3 saturated carbocycles. The Bertz CT molecular complexity index is 1160. The lowest BCUT2D eigenvalue weighted by atomic mass is 9.45. The van der Waals surface area contributed by atoms with Crippen molar-refractivity contribution in [3.8, 4) is 0 Å². The van der Waals surface area contributed by atoms with Gasteiger partial charge in [-0.3, -0.25) is 14.4 Å². The molecule has 1 amide bonds. The van der Waals surface area contributed by atoms with E-state index in [0.717, 1.165) is 47.7 Å². The van der Waals surface area contributed by atoms with Crippen molar-refractivity contribution in [2.24, 2.45) is 40.4 Å². The zero-order chi connectivity index (χ0) is 28.1. The number of hydrogen-bond donors (Lipinski definition) is 1. The van der Waals surface area contributed by atoms with E-state index in [9.17, 15) is 14.4 Å². The first-order chi connectivity index (χ1) is 18.5. The molecule has 0 bridgehead atoms. The summed E-state index contributed by atoms with van der Waals surface area (Å²) in [5.41, 5.74) is 1.33. The van der Waals surface area contributed by atoms with Crippen LogP contribution in [0.15, 0.2) is 23.8 Å². The zero-order valence-electron chi connectivity index (χ0n) is 24.1. The smallest absolute Gasteiger partial charge is 0.302 e. The van der Waals surface area contributed by atoms with Gasteiger partial charge in [-0.15, -0.1) is 11.3 Å². The number of fused-ring (bicyclic) bond motifs is 5. The van der Waals surface area contributed by atoms with E-state index in [2.05, 4.69) is 33.0 Å². The molecule has 1 aromatic rings. The molecule has 1 aromatic heterocycles. The molecule has 5 nitrogen and oxygen atoms in total. The van der Waals surface area contributed by atoms with Crippen LogP contribution in [0.4, 0.5) is 0 Å². The molecule has 0 spiro atoms. The van der Waals surface area contributed by atoms with Gasteiger partial charge in [0.15, 0.2) is 5.78 Å². The van der Waals surface area contributed by atoms with Crippen molar-refractivity contribution in [2.45, 2.75) is 105 Å². The summed E-state index contributed by atoms with van der Waals surface area (Å²) in [4.78, 5) is 38.9. The normalized spacial score (nSPS) is 37.1. The number of thiophene rings is 1. The van der Waals surface area contributed by atoms with Crippen LogP contribution < -0.4 is 5.32 Å². The molecule has 0 radical (unpaired) electrons. The second-order valence-corrected chi connectivity index (χ2v) is 15.0. The van der Waals surface area contributed by atoms with Crippen LogP contribution in [0.5, 0.6) is 0 Å². The number of ether oxygens (including phenoxy) is 1. The van der Waals surface area contributed by atoms with Gasteiger partial charge in [-0.05, 0) is 91.2 Å². The van der Waals surface area contributed by atoms with Crippen LogP contribution in [0.3, 0.4) is 0 Å². The minimum absolute atomic E-state index is 0.00153. The summed E-state index contributed by atoms with van der Waals surface area (Å²) in [6.45, 7) is 10.7. The summed E-state index contributed by atoms with van der Waals surface area (Å²) in [7, 11) is 0. The van der Waals surface area contributed by atoms with Crippen LogP contribution in [0.2, 0.25) is 4.34 Å². The Morgan fingerprint density at radius 1 is 1.18 bits per heavy atom. The summed E-state index contributed by atoms with van der Waals surface area (Å²) in [5.74, 6) is 2.03. The molecule has 0 aromatic carbocycles. The second-order valence-electron chi connectivity index (χ2n) is 13.3. The molecular formula is C32H44ClNO4S. The average Bonchev–Trinajstić information content (AvgIpc) is 3.46. The van der Waals surface area contributed by atoms with Crippen molar-refractivity contribution in [1.82, 2.24) is 5.32 Å². The Kier molecular flexibility index (Phi) is 8.11. The lowest BCUT2D eigenvalue weighted by molar-refractivity contribution is -0.166. The van der Waals surface area contributed by atoms with E-state index in [1.54, 1.807) is 0 Å². The van der Waals surface area contributed by atoms with Crippen molar-refractivity contribution in [3.05, 3.63) is 33.0 Å². The number of halogens is 1. The number of carbonyl (C=O) groups excluding carboxylic acids is 3. The molecule has 7 heteroatoms. The van der Waals surface area contributed by atoms with Crippen LogP contribution >= 0.6 is 22.9 Å². The summed E-state index contributed by atoms with van der Waals surface area (Å²) in [6.07, 6.45) is 9.72. The van der Waals surface area contributed by atoms with Gasteiger partial charge in [-0.2, -0.15) is 0 Å². The van der Waals surface area contributed by atoms with E-state index >= 15 is 0 Å². The van der Waals surface area contributed by atoms with Gasteiger partial charge in [0.1, 0.15) is 6.10 Å². The molecular weight excluding hydrogens is 530 g/mol. The van der Waals surface area contributed by atoms with Gasteiger partial charge in [0.25, 0.3) is 0 Å². The topological polar surface area (TPSA) is 72.5 Å². The molecule has 3 fully saturated rings. The van der Waals surface area contributed by atoms with Crippen LogP contribution in [0.1, 0.15) is 103 Å². The van der Waals surface area contributed by atoms with E-state index < -0.39 is 0 Å². The molecule has 0 aliphatic heterocycles. The number of nitrogens with one attached hydrogen (secondary N) is 1. The highest BCUT2D eigenvalue weighted by molar-refractivity contribution is 7.16. The summed E-state index contributed by atoms with van der Waals surface area (Å²) < 4.78 is 6.79. The molecule has 4 aliphatic rings. The first-order valence-electron chi connectivity index (χ1n) is 14.9. The molecule has 1 heterocycles. The van der Waals surface area contributed by atoms with Crippen molar-refractivity contribution < 1.29 is 19.1 Å². The number of rotatable bonds is 7. The minimum atomic E-state index is -0.227. The van der Waals surface area contributed by atoms with Gasteiger partial charge < -0.3 is 10.1 Å². The number of amides is 1. The molecule has 4 aliphatic carbocycles. The number of ketones is 1. The third-order valence-corrected chi connectivity index (χ3v) is 12.6. The SMILES string of the molecule is CC[C@@H](NC(=O)C[C@@H](C)C1CC[C@H]2[C@@H]3[C@H](OC(C)=O)CC4=CC(=O)CC[C@]4(C)[C@H]3CC[C@]12C)c1ccc(Cl)s1. The quantitative estimate of drug-likeness (QED) is 0.339. The van der Waals surface area contributed by atoms with E-state index in [1.165, 1.54) is 23.8 Å². The maximum Gasteiger partial charge on any atom is 0.302 e. The monoisotopic (exact) mass is 573 g/mol. The largest absolute Gasteiger partial charge is 0.462 e. The summed E-state index contributed by atoms with van der Waals surface area (Å²) in [5, 5.41) is 3.27. The Hall–Kier alpha value is -1.66. The standard InChI is InChI=1S/C32H44ClNO4S/c1-6-25(27-9-10-28(33)39-27)34-29(37)15-18(2)22-7-8-23-30-24(12-14-32(22,23)5)31(4)13-11-21(36)16-20(31)17-26(30)38-19(3)35/h9-10,16,18,22-26,30H,6-8,11-15,17H2,1-5H3,(H,34,37)/t18-,22?,23+,24+,25-,26-,30+,31+,32-/m1/s1. The van der Waals surface area contributed by atoms with Gasteiger partial charge >= 0.3 is 5.97 Å². The highest BCUT2D eigenvalue weighted by Gasteiger charge is 2.62. The zero-order valence-corrected chi connectivity index (χ0v) is 25.6. The Labute approximate surface area is 242 Å². The molecule has 214 valence electrons. The Balaban J connectivity index is 1.33. The Morgan fingerprint density at radius 2 is 1.95 bits per heavy atom. The number of esters is 1. The maximum atomic E-state index is 13.2. The van der Waals surface area contributed by atoms with Crippen LogP contribution in [0.25, 0.3) is 0 Å². The predicted molar refractivity (Wildman–Crippen MR) is 155 cm³/mol. The third-order valence-electron chi connectivity index (χ3n) is 11.2. The second kappa shape index (κ2) is 11.0. The fourth-order valence-electron chi connectivity index (χ4n) is 9.39.